The van der Waals surface area contributed by atoms with Crippen LogP contribution in [0.2, 0.25) is 0 Å². The van der Waals surface area contributed by atoms with Crippen LogP contribution in [0.3, 0.4) is 0 Å². The van der Waals surface area contributed by atoms with Crippen LogP contribution in [-0.2, 0) is 33.3 Å². The third kappa shape index (κ3) is 75.2. The first-order valence-corrected chi connectivity index (χ1v) is 39.0. The molecule has 0 aliphatic carbocycles. The van der Waals surface area contributed by atoms with E-state index in [2.05, 4.69) is 123 Å². The Labute approximate surface area is 575 Å². The highest BCUT2D eigenvalue weighted by Crippen LogP contribution is 2.18. The Kier molecular flexibility index (Phi) is 70.5. The van der Waals surface area contributed by atoms with Gasteiger partial charge in [0, 0.05) is 12.8 Å². The summed E-state index contributed by atoms with van der Waals surface area (Å²) in [7, 11) is 5.93. The predicted octanol–water partition coefficient (Wildman–Crippen LogP) is 23.6. The summed E-state index contributed by atoms with van der Waals surface area (Å²) >= 11 is 0. The fraction of sp³-hybridized carbons (Fsp3) is 0.750. The number of rotatable bonds is 72. The van der Waals surface area contributed by atoms with Gasteiger partial charge in [-0.05, 0) is 103 Å². The summed E-state index contributed by atoms with van der Waals surface area (Å²) in [5, 5.41) is 11.8. The molecule has 0 bridgehead atoms. The number of carboxylic acid groups (broad SMARTS) is 1. The number of hydrogen-bond donors (Lipinski definition) is 0. The second-order valence-electron chi connectivity index (χ2n) is 27.3. The number of carboxylic acids is 1. The number of hydrogen-bond acceptors (Lipinski definition) is 8. The lowest BCUT2D eigenvalue weighted by molar-refractivity contribution is -0.870. The molecular weight excluding hydrogens is 1150 g/mol. The molecule has 0 aliphatic rings. The lowest BCUT2D eigenvalue weighted by Gasteiger charge is -2.26. The molecule has 9 heteroatoms. The molecule has 0 amide bonds. The molecule has 0 fully saturated rings. The number of ether oxygens (including phenoxy) is 4. The molecule has 9 nitrogen and oxygen atoms in total. The largest absolute Gasteiger partial charge is 0.545 e. The van der Waals surface area contributed by atoms with Crippen molar-refractivity contribution in [2.75, 3.05) is 47.5 Å². The van der Waals surface area contributed by atoms with Crippen LogP contribution in [0.1, 0.15) is 348 Å². The normalized spacial score (nSPS) is 13.3. The van der Waals surface area contributed by atoms with E-state index in [1.54, 1.807) is 0 Å². The molecule has 536 valence electrons. The summed E-state index contributed by atoms with van der Waals surface area (Å²) in [6, 6.07) is 0. The number of esters is 2. The first-order chi connectivity index (χ1) is 45.6. The van der Waals surface area contributed by atoms with Crippen molar-refractivity contribution in [3.05, 3.63) is 109 Å². The number of likely N-dealkylation sites (N-methyl/N-ethyl adjacent to an activating group) is 1. The Balaban J connectivity index is 4.01. The van der Waals surface area contributed by atoms with E-state index in [-0.39, 0.29) is 38.6 Å². The molecular formula is C84H147NO8. The molecule has 0 spiro atoms. The quantitative estimate of drug-likeness (QED) is 0.0195. The lowest BCUT2D eigenvalue weighted by atomic mass is 10.0. The molecule has 0 radical (unpaired) electrons. The van der Waals surface area contributed by atoms with Crippen LogP contribution in [0.4, 0.5) is 0 Å². The van der Waals surface area contributed by atoms with Crippen molar-refractivity contribution in [1.29, 1.82) is 0 Å². The molecule has 93 heavy (non-hydrogen) atoms. The maximum Gasteiger partial charge on any atom is 0.306 e. The first-order valence-electron chi connectivity index (χ1n) is 39.0. The molecule has 0 N–H and O–H groups in total. The van der Waals surface area contributed by atoms with Gasteiger partial charge in [0.05, 0.1) is 40.3 Å². The maximum atomic E-state index is 12.9. The minimum atomic E-state index is -1.63. The van der Waals surface area contributed by atoms with Gasteiger partial charge in [0.2, 0.25) is 0 Å². The zero-order chi connectivity index (χ0) is 67.5. The number of aliphatic carboxylic acids is 1. The Morgan fingerprint density at radius 1 is 0.333 bits per heavy atom. The van der Waals surface area contributed by atoms with Gasteiger partial charge >= 0.3 is 11.9 Å². The van der Waals surface area contributed by atoms with Crippen molar-refractivity contribution in [3.63, 3.8) is 0 Å². The molecule has 0 rings (SSSR count). The van der Waals surface area contributed by atoms with Crippen LogP contribution in [0.5, 0.6) is 0 Å². The first kappa shape index (κ1) is 89.0. The number of carbonyl (C=O) groups is 3. The van der Waals surface area contributed by atoms with Crippen LogP contribution in [0.25, 0.3) is 0 Å². The number of unbranched alkanes of at least 4 members (excludes halogenated alkanes) is 39. The van der Waals surface area contributed by atoms with Gasteiger partial charge in [-0.25, -0.2) is 0 Å². The number of allylic oxidation sites excluding steroid dienone is 18. The van der Waals surface area contributed by atoms with Gasteiger partial charge in [-0.3, -0.25) is 9.59 Å². The van der Waals surface area contributed by atoms with E-state index < -0.39 is 24.3 Å². The third-order valence-corrected chi connectivity index (χ3v) is 17.0. The van der Waals surface area contributed by atoms with E-state index >= 15 is 0 Å². The van der Waals surface area contributed by atoms with Gasteiger partial charge in [-0.2, -0.15) is 0 Å². The number of carbonyl (C=O) groups excluding carboxylic acids is 3. The average Bonchev–Trinajstić information content (AvgIpc) is 3.38. The van der Waals surface area contributed by atoms with E-state index in [0.717, 1.165) is 103 Å². The third-order valence-electron chi connectivity index (χ3n) is 17.0. The predicted molar refractivity (Wildman–Crippen MR) is 398 cm³/mol. The van der Waals surface area contributed by atoms with Gasteiger partial charge in [-0.1, -0.05) is 342 Å². The molecule has 0 heterocycles. The minimum Gasteiger partial charge on any atom is -0.545 e. The highest BCUT2D eigenvalue weighted by Gasteiger charge is 2.22. The Hall–Kier alpha value is -4.05. The fourth-order valence-corrected chi connectivity index (χ4v) is 11.1. The number of quaternary nitrogens is 1. The van der Waals surface area contributed by atoms with E-state index in [4.69, 9.17) is 18.9 Å². The SMILES string of the molecule is CC/C=C\C/C=C\C/C=C\C/C=C\C/C=C\C/C=C\C/C=C\CCCCCCCC(=O)OC(COC(=O)CCCCCCCCCCCCCCCCCCCCCCCCCCCCCCC/C=C\C/C=C\CCCCCCC)COC(OCC[N+](C)(C)C)C(=O)[O-]. The Bertz CT molecular complexity index is 1900. The summed E-state index contributed by atoms with van der Waals surface area (Å²) in [6.45, 7) is 4.63. The monoisotopic (exact) mass is 1300 g/mol. The van der Waals surface area contributed by atoms with E-state index in [9.17, 15) is 19.5 Å². The molecule has 0 saturated carbocycles. The molecule has 2 unspecified atom stereocenters. The van der Waals surface area contributed by atoms with Gasteiger partial charge in [0.1, 0.15) is 13.2 Å². The summed E-state index contributed by atoms with van der Waals surface area (Å²) < 4.78 is 22.8. The summed E-state index contributed by atoms with van der Waals surface area (Å²) in [5.74, 6) is -2.30. The van der Waals surface area contributed by atoms with Crippen LogP contribution < -0.4 is 5.11 Å². The van der Waals surface area contributed by atoms with Crippen molar-refractivity contribution in [2.24, 2.45) is 0 Å². The van der Waals surface area contributed by atoms with Crippen LogP contribution in [-0.4, -0.2) is 82.3 Å². The van der Waals surface area contributed by atoms with Crippen LogP contribution in [0.15, 0.2) is 109 Å². The highest BCUT2D eigenvalue weighted by molar-refractivity contribution is 5.70. The van der Waals surface area contributed by atoms with E-state index in [1.807, 2.05) is 21.1 Å². The van der Waals surface area contributed by atoms with E-state index in [0.29, 0.717) is 17.4 Å². The minimum absolute atomic E-state index is 0.140. The standard InChI is InChI=1S/C84H147NO8/c1-6-8-10-12-14-16-18-20-22-24-26-28-30-32-34-35-36-37-38-39-40-41-42-43-44-45-46-47-49-50-52-54-56-58-60-62-64-66-68-70-72-74-81(86)91-78-80(79-92-84(83(88)89)90-77-76-85(3,4)5)93-82(87)75-73-71-69-67-65-63-61-59-57-55-53-51-48-33-31-29-27-25-23-21-19-17-15-13-11-9-7-2/h9,11,15,17-18,20-21,23-24,26-27,29,33,48,53,55,59,61,80,84H,6-8,10,12-14,16,19,22,25,28,30-32,34-47,49-52,54,56-58,60,62-79H2,1-5H3/b11-9-,17-15-,20-18-,23-21-,26-24-,29-27-,48-33-,55-53-,61-59-. The summed E-state index contributed by atoms with van der Waals surface area (Å²) in [4.78, 5) is 37.5. The molecule has 0 aromatic rings. The second-order valence-corrected chi connectivity index (χ2v) is 27.3. The molecule has 0 aliphatic heterocycles. The van der Waals surface area contributed by atoms with Gasteiger partial charge in [0.25, 0.3) is 0 Å². The van der Waals surface area contributed by atoms with Crippen molar-refractivity contribution < 1.29 is 42.9 Å². The zero-order valence-electron chi connectivity index (χ0n) is 61.4. The Morgan fingerprint density at radius 2 is 0.613 bits per heavy atom. The van der Waals surface area contributed by atoms with Crippen molar-refractivity contribution in [2.45, 2.75) is 360 Å². The van der Waals surface area contributed by atoms with Crippen LogP contribution in [0, 0.1) is 0 Å². The van der Waals surface area contributed by atoms with Crippen LogP contribution >= 0.6 is 0 Å². The molecule has 0 aromatic heterocycles. The van der Waals surface area contributed by atoms with Crippen molar-refractivity contribution in [3.8, 4) is 0 Å². The summed E-state index contributed by atoms with van der Waals surface area (Å²) in [5.41, 5.74) is 0. The Morgan fingerprint density at radius 3 is 0.914 bits per heavy atom. The van der Waals surface area contributed by atoms with E-state index in [1.165, 1.54) is 212 Å². The van der Waals surface area contributed by atoms with Gasteiger partial charge < -0.3 is 33.3 Å². The highest BCUT2D eigenvalue weighted by atomic mass is 16.7. The van der Waals surface area contributed by atoms with Gasteiger partial charge in [0.15, 0.2) is 12.4 Å². The average molecular weight is 1300 g/mol. The molecule has 0 saturated heterocycles. The van der Waals surface area contributed by atoms with Crippen molar-refractivity contribution >= 4 is 17.9 Å². The second kappa shape index (κ2) is 73.8. The number of nitrogens with zero attached hydrogens (tertiary/aromatic N) is 1. The molecule has 0 aromatic carbocycles. The lowest BCUT2D eigenvalue weighted by Crippen LogP contribution is -2.44. The summed E-state index contributed by atoms with van der Waals surface area (Å²) in [6.07, 6.45) is 101. The van der Waals surface area contributed by atoms with Gasteiger partial charge in [-0.15, -0.1) is 0 Å². The topological polar surface area (TPSA) is 111 Å². The smallest absolute Gasteiger partial charge is 0.306 e. The zero-order valence-corrected chi connectivity index (χ0v) is 61.4. The van der Waals surface area contributed by atoms with Crippen molar-refractivity contribution in [1.82, 2.24) is 0 Å². The maximum absolute atomic E-state index is 12.9. The fourth-order valence-electron chi connectivity index (χ4n) is 11.1. The molecule has 2 atom stereocenters.